The number of carboxylic acid groups (broad SMARTS) is 1. The third-order valence-electron chi connectivity index (χ3n) is 4.55. The van der Waals surface area contributed by atoms with Crippen molar-refractivity contribution in [3.05, 3.63) is 48.3 Å². The molecule has 1 saturated heterocycles. The van der Waals surface area contributed by atoms with E-state index in [9.17, 15) is 14.7 Å². The van der Waals surface area contributed by atoms with Crippen LogP contribution in [0.25, 0.3) is 5.69 Å². The minimum atomic E-state index is -1.26. The van der Waals surface area contributed by atoms with Crippen molar-refractivity contribution in [2.24, 2.45) is 0 Å². The maximum absolute atomic E-state index is 12.5. The number of aromatic nitrogens is 2. The summed E-state index contributed by atoms with van der Waals surface area (Å²) < 4.78 is 6.97. The summed E-state index contributed by atoms with van der Waals surface area (Å²) in [5.74, 6) is -1.02. The average Bonchev–Trinajstić information content (AvgIpc) is 3.17. The van der Waals surface area contributed by atoms with Crippen LogP contribution in [0.15, 0.2) is 42.7 Å². The molecule has 0 saturated carbocycles. The molecule has 0 bridgehead atoms. The number of carbonyl (C=O) groups excluding carboxylic acids is 1. The van der Waals surface area contributed by atoms with Gasteiger partial charge in [-0.2, -0.15) is 5.10 Å². The molecule has 8 nitrogen and oxygen atoms in total. The second-order valence-electron chi connectivity index (χ2n) is 6.41. The van der Waals surface area contributed by atoms with E-state index in [1.807, 2.05) is 36.5 Å². The fourth-order valence-electron chi connectivity index (χ4n) is 2.98. The van der Waals surface area contributed by atoms with Crippen molar-refractivity contribution in [1.29, 1.82) is 0 Å². The lowest BCUT2D eigenvalue weighted by Crippen LogP contribution is -2.59. The van der Waals surface area contributed by atoms with Crippen LogP contribution in [0.5, 0.6) is 0 Å². The largest absolute Gasteiger partial charge is 0.480 e. The monoisotopic (exact) mass is 358 g/mol. The van der Waals surface area contributed by atoms with E-state index >= 15 is 0 Å². The minimum Gasteiger partial charge on any atom is -0.480 e. The summed E-state index contributed by atoms with van der Waals surface area (Å²) in [6.07, 6.45) is 4.07. The molecule has 138 valence electrons. The number of urea groups is 1. The number of carboxylic acids is 1. The van der Waals surface area contributed by atoms with Crippen molar-refractivity contribution in [3.8, 4) is 5.69 Å². The van der Waals surface area contributed by atoms with E-state index in [1.165, 1.54) is 4.90 Å². The molecule has 3 rings (SSSR count). The Kier molecular flexibility index (Phi) is 5.22. The van der Waals surface area contributed by atoms with Gasteiger partial charge < -0.3 is 20.1 Å². The zero-order chi connectivity index (χ0) is 18.6. The Bertz CT molecular complexity index is 769. The molecule has 1 aromatic carbocycles. The smallest absolute Gasteiger partial charge is 0.329 e. The van der Waals surface area contributed by atoms with E-state index < -0.39 is 17.5 Å². The zero-order valence-corrected chi connectivity index (χ0v) is 14.6. The number of aliphatic carboxylic acids is 1. The summed E-state index contributed by atoms with van der Waals surface area (Å²) >= 11 is 0. The zero-order valence-electron chi connectivity index (χ0n) is 14.6. The molecule has 0 radical (unpaired) electrons. The minimum absolute atomic E-state index is 0.261. The Labute approximate surface area is 151 Å². The summed E-state index contributed by atoms with van der Waals surface area (Å²) in [6.45, 7) is 0.998. The normalized spacial score (nSPS) is 16.0. The van der Waals surface area contributed by atoms with Gasteiger partial charge in [-0.3, -0.25) is 0 Å². The van der Waals surface area contributed by atoms with Crippen molar-refractivity contribution in [3.63, 3.8) is 0 Å². The van der Waals surface area contributed by atoms with Crippen LogP contribution in [-0.2, 0) is 16.1 Å². The molecule has 0 aliphatic carbocycles. The van der Waals surface area contributed by atoms with Gasteiger partial charge in [-0.1, -0.05) is 12.1 Å². The third-order valence-corrected chi connectivity index (χ3v) is 4.55. The van der Waals surface area contributed by atoms with Crippen LogP contribution < -0.4 is 5.32 Å². The number of amides is 2. The molecule has 8 heteroatoms. The Hall–Kier alpha value is -2.87. The Morgan fingerprint density at radius 3 is 2.77 bits per heavy atom. The summed E-state index contributed by atoms with van der Waals surface area (Å²) in [4.78, 5) is 25.7. The van der Waals surface area contributed by atoms with E-state index in [0.717, 1.165) is 11.3 Å². The van der Waals surface area contributed by atoms with Gasteiger partial charge in [0.1, 0.15) is 5.54 Å². The third kappa shape index (κ3) is 3.85. The van der Waals surface area contributed by atoms with Gasteiger partial charge in [0.15, 0.2) is 0 Å². The molecule has 2 N–H and O–H groups in total. The average molecular weight is 358 g/mol. The first-order chi connectivity index (χ1) is 12.5. The molecule has 1 aliphatic rings. The second-order valence-corrected chi connectivity index (χ2v) is 6.41. The van der Waals surface area contributed by atoms with E-state index in [-0.39, 0.29) is 12.8 Å². The molecule has 26 heavy (non-hydrogen) atoms. The quantitative estimate of drug-likeness (QED) is 0.847. The summed E-state index contributed by atoms with van der Waals surface area (Å²) in [6, 6.07) is 9.11. The van der Waals surface area contributed by atoms with Crippen molar-refractivity contribution < 1.29 is 19.4 Å². The number of carbonyl (C=O) groups is 2. The van der Waals surface area contributed by atoms with Crippen LogP contribution >= 0.6 is 0 Å². The Morgan fingerprint density at radius 1 is 1.35 bits per heavy atom. The van der Waals surface area contributed by atoms with Crippen molar-refractivity contribution in [1.82, 2.24) is 20.0 Å². The van der Waals surface area contributed by atoms with E-state index in [2.05, 4.69) is 10.4 Å². The predicted octanol–water partition coefficient (Wildman–Crippen LogP) is 1.65. The Morgan fingerprint density at radius 2 is 2.12 bits per heavy atom. The molecule has 2 heterocycles. The highest BCUT2D eigenvalue weighted by molar-refractivity contribution is 5.86. The number of hydrogen-bond acceptors (Lipinski definition) is 4. The van der Waals surface area contributed by atoms with E-state index in [1.54, 1.807) is 17.9 Å². The lowest BCUT2D eigenvalue weighted by atomic mass is 9.90. The van der Waals surface area contributed by atoms with Gasteiger partial charge in [0.25, 0.3) is 0 Å². The molecule has 1 aliphatic heterocycles. The predicted molar refractivity (Wildman–Crippen MR) is 94.0 cm³/mol. The molecule has 2 aromatic rings. The molecular formula is C18H22N4O4. The van der Waals surface area contributed by atoms with Crippen LogP contribution in [0.3, 0.4) is 0 Å². The number of nitrogens with zero attached hydrogens (tertiary/aromatic N) is 3. The Balaban J connectivity index is 1.67. The summed E-state index contributed by atoms with van der Waals surface area (Å²) in [5, 5.41) is 16.4. The summed E-state index contributed by atoms with van der Waals surface area (Å²) in [7, 11) is 1.64. The first-order valence-electron chi connectivity index (χ1n) is 8.43. The van der Waals surface area contributed by atoms with Crippen LogP contribution in [0, 0.1) is 0 Å². The van der Waals surface area contributed by atoms with E-state index in [4.69, 9.17) is 4.74 Å². The van der Waals surface area contributed by atoms with Crippen molar-refractivity contribution >= 4 is 12.0 Å². The maximum atomic E-state index is 12.5. The lowest BCUT2D eigenvalue weighted by molar-refractivity contribution is -0.148. The van der Waals surface area contributed by atoms with Gasteiger partial charge in [-0.15, -0.1) is 0 Å². The highest BCUT2D eigenvalue weighted by Crippen LogP contribution is 2.21. The van der Waals surface area contributed by atoms with Gasteiger partial charge in [-0.25, -0.2) is 14.3 Å². The van der Waals surface area contributed by atoms with Gasteiger partial charge >= 0.3 is 12.0 Å². The van der Waals surface area contributed by atoms with Gasteiger partial charge in [0, 0.05) is 52.0 Å². The van der Waals surface area contributed by atoms with Crippen LogP contribution in [0.4, 0.5) is 4.79 Å². The maximum Gasteiger partial charge on any atom is 0.329 e. The van der Waals surface area contributed by atoms with Gasteiger partial charge in [0.05, 0.1) is 5.69 Å². The highest BCUT2D eigenvalue weighted by atomic mass is 16.5. The summed E-state index contributed by atoms with van der Waals surface area (Å²) in [5.41, 5.74) is 0.556. The molecule has 2 amide bonds. The first kappa shape index (κ1) is 17.9. The van der Waals surface area contributed by atoms with Gasteiger partial charge in [-0.05, 0) is 23.8 Å². The molecule has 0 atom stereocenters. The highest BCUT2D eigenvalue weighted by Gasteiger charge is 2.42. The topological polar surface area (TPSA) is 96.7 Å². The SMILES string of the molecule is CN(Cc1cccc(-n2cccn2)c1)C(=O)NC1(C(=O)O)CCOCC1. The fourth-order valence-corrected chi connectivity index (χ4v) is 2.98. The van der Waals surface area contributed by atoms with Crippen LogP contribution in [0.1, 0.15) is 18.4 Å². The number of nitrogens with one attached hydrogen (secondary N) is 1. The fraction of sp³-hybridized carbons (Fsp3) is 0.389. The second kappa shape index (κ2) is 7.57. The number of ether oxygens (including phenoxy) is 1. The molecule has 0 unspecified atom stereocenters. The van der Waals surface area contributed by atoms with Gasteiger partial charge in [0.2, 0.25) is 0 Å². The number of rotatable bonds is 5. The van der Waals surface area contributed by atoms with Crippen molar-refractivity contribution in [2.45, 2.75) is 24.9 Å². The van der Waals surface area contributed by atoms with E-state index in [0.29, 0.717) is 19.8 Å². The molecule has 0 spiro atoms. The lowest BCUT2D eigenvalue weighted by Gasteiger charge is -2.35. The standard InChI is InChI=1S/C18H22N4O4/c1-21(17(25)20-18(16(23)24)6-10-26-11-7-18)13-14-4-2-5-15(12-14)22-9-3-8-19-22/h2-5,8-9,12H,6-7,10-11,13H2,1H3,(H,20,25)(H,23,24). The molecular weight excluding hydrogens is 336 g/mol. The first-order valence-corrected chi connectivity index (χ1v) is 8.43. The molecule has 1 fully saturated rings. The van der Waals surface area contributed by atoms with Crippen molar-refractivity contribution in [2.75, 3.05) is 20.3 Å². The number of benzene rings is 1. The van der Waals surface area contributed by atoms with Crippen LogP contribution in [-0.4, -0.2) is 57.6 Å². The number of hydrogen-bond donors (Lipinski definition) is 2. The van der Waals surface area contributed by atoms with Crippen LogP contribution in [0.2, 0.25) is 0 Å². The molecule has 1 aromatic heterocycles.